The van der Waals surface area contributed by atoms with Crippen LogP contribution in [0.4, 0.5) is 0 Å². The van der Waals surface area contributed by atoms with Crippen LogP contribution in [0.2, 0.25) is 0 Å². The fourth-order valence-electron chi connectivity index (χ4n) is 1.79. The molecule has 0 bridgehead atoms. The highest BCUT2D eigenvalue weighted by molar-refractivity contribution is 5.36. The molecule has 0 amide bonds. The molecule has 0 atom stereocenters. The summed E-state index contributed by atoms with van der Waals surface area (Å²) >= 11 is 0. The molecule has 0 spiro atoms. The Morgan fingerprint density at radius 1 is 1.37 bits per heavy atom. The number of hydrogen-bond acceptors (Lipinski definition) is 1. The van der Waals surface area contributed by atoms with Crippen LogP contribution in [0.25, 0.3) is 0 Å². The van der Waals surface area contributed by atoms with E-state index in [-0.39, 0.29) is 6.10 Å². The van der Waals surface area contributed by atoms with E-state index < -0.39 is 0 Å². The van der Waals surface area contributed by atoms with Crippen LogP contribution in [0.15, 0.2) is 59.9 Å². The van der Waals surface area contributed by atoms with Gasteiger partial charge in [0, 0.05) is 0 Å². The van der Waals surface area contributed by atoms with Crippen molar-refractivity contribution in [3.63, 3.8) is 0 Å². The first-order valence-corrected chi connectivity index (χ1v) is 7.00. The maximum Gasteiger partial charge on any atom is 0.119 e. The molecule has 1 nitrogen and oxygen atoms in total. The predicted molar refractivity (Wildman–Crippen MR) is 83.9 cm³/mol. The summed E-state index contributed by atoms with van der Waals surface area (Å²) in [6, 6.07) is 0. The van der Waals surface area contributed by atoms with E-state index in [1.165, 1.54) is 5.57 Å². The van der Waals surface area contributed by atoms with Gasteiger partial charge in [-0.1, -0.05) is 50.3 Å². The van der Waals surface area contributed by atoms with Crippen LogP contribution in [0.5, 0.6) is 0 Å². The molecule has 0 N–H and O–H groups in total. The predicted octanol–water partition coefficient (Wildman–Crippen LogP) is 5.34. The Hall–Kier alpha value is -1.50. The molecule has 0 heterocycles. The summed E-state index contributed by atoms with van der Waals surface area (Å²) in [4.78, 5) is 0. The normalized spacial score (nSPS) is 19.5. The quantitative estimate of drug-likeness (QED) is 0.477. The van der Waals surface area contributed by atoms with Crippen molar-refractivity contribution in [1.82, 2.24) is 0 Å². The van der Waals surface area contributed by atoms with Crippen molar-refractivity contribution < 1.29 is 4.74 Å². The van der Waals surface area contributed by atoms with E-state index in [1.807, 2.05) is 45.1 Å². The van der Waals surface area contributed by atoms with Gasteiger partial charge in [-0.25, -0.2) is 0 Å². The van der Waals surface area contributed by atoms with E-state index >= 15 is 0 Å². The Bertz CT molecular complexity index is 429. The second-order valence-corrected chi connectivity index (χ2v) is 5.82. The molecule has 1 aliphatic carbocycles. The van der Waals surface area contributed by atoms with E-state index in [0.717, 1.165) is 12.2 Å². The minimum absolute atomic E-state index is 0.199. The van der Waals surface area contributed by atoms with Gasteiger partial charge in [0.2, 0.25) is 0 Å². The first-order valence-electron chi connectivity index (χ1n) is 7.00. The summed E-state index contributed by atoms with van der Waals surface area (Å²) in [5.74, 6) is 0.898. The third-order valence-corrected chi connectivity index (χ3v) is 2.84. The second kappa shape index (κ2) is 7.18. The van der Waals surface area contributed by atoms with E-state index in [1.54, 1.807) is 0 Å². The monoisotopic (exact) mass is 258 g/mol. The molecule has 1 aliphatic rings. The van der Waals surface area contributed by atoms with E-state index in [2.05, 4.69) is 38.2 Å². The first-order chi connectivity index (χ1) is 8.93. The molecule has 0 unspecified atom stereocenters. The third-order valence-electron chi connectivity index (χ3n) is 2.84. The van der Waals surface area contributed by atoms with Crippen molar-refractivity contribution in [3.8, 4) is 0 Å². The summed E-state index contributed by atoms with van der Waals surface area (Å²) in [5, 5.41) is 0. The van der Waals surface area contributed by atoms with Gasteiger partial charge in [-0.15, -0.1) is 0 Å². The number of hydrogen-bond donors (Lipinski definition) is 0. The molecule has 0 aliphatic heterocycles. The van der Waals surface area contributed by atoms with Gasteiger partial charge in [-0.3, -0.25) is 0 Å². The average molecular weight is 258 g/mol. The zero-order valence-corrected chi connectivity index (χ0v) is 12.8. The van der Waals surface area contributed by atoms with Crippen molar-refractivity contribution in [3.05, 3.63) is 59.9 Å². The lowest BCUT2D eigenvalue weighted by molar-refractivity contribution is 0.158. The Morgan fingerprint density at radius 3 is 2.63 bits per heavy atom. The molecule has 19 heavy (non-hydrogen) atoms. The largest absolute Gasteiger partial charge is 0.491 e. The van der Waals surface area contributed by atoms with Crippen LogP contribution >= 0.6 is 0 Å². The lowest BCUT2D eigenvalue weighted by atomic mass is 9.84. The number of ether oxygens (including phenoxy) is 1. The van der Waals surface area contributed by atoms with Gasteiger partial charge in [0.05, 0.1) is 6.10 Å². The molecule has 0 saturated carbocycles. The summed E-state index contributed by atoms with van der Waals surface area (Å²) < 4.78 is 5.70. The van der Waals surface area contributed by atoms with Crippen LogP contribution in [0.1, 0.15) is 41.0 Å². The van der Waals surface area contributed by atoms with Gasteiger partial charge < -0.3 is 4.74 Å². The van der Waals surface area contributed by atoms with Crippen LogP contribution in [0, 0.1) is 5.41 Å². The average Bonchev–Trinajstić information content (AvgIpc) is 2.31. The van der Waals surface area contributed by atoms with Crippen LogP contribution in [-0.4, -0.2) is 6.10 Å². The van der Waals surface area contributed by atoms with E-state index in [9.17, 15) is 0 Å². The zero-order valence-electron chi connectivity index (χ0n) is 12.8. The summed E-state index contributed by atoms with van der Waals surface area (Å²) in [6.45, 7) is 10.6. The van der Waals surface area contributed by atoms with Gasteiger partial charge in [-0.2, -0.15) is 0 Å². The minimum Gasteiger partial charge on any atom is -0.491 e. The highest BCUT2D eigenvalue weighted by atomic mass is 16.5. The highest BCUT2D eigenvalue weighted by Crippen LogP contribution is 2.28. The summed E-state index contributed by atoms with van der Waals surface area (Å²) in [5.41, 5.74) is 1.56. The molecule has 0 aromatic carbocycles. The molecule has 0 radical (unpaired) electrons. The Labute approximate surface area is 118 Å². The summed E-state index contributed by atoms with van der Waals surface area (Å²) in [6.07, 6.45) is 18.2. The van der Waals surface area contributed by atoms with Crippen LogP contribution < -0.4 is 0 Å². The standard InChI is InChI=1S/C18H26O/c1-6-8-17(19-15(2)3)10-7-9-16-11-13-18(4,5)14-12-16/h6-13,15H,14H2,1-5H3/b8-6-,9-7+,17-10+. The van der Waals surface area contributed by atoms with Crippen molar-refractivity contribution in [2.24, 2.45) is 5.41 Å². The Morgan fingerprint density at radius 2 is 2.11 bits per heavy atom. The van der Waals surface area contributed by atoms with E-state index in [0.29, 0.717) is 5.41 Å². The second-order valence-electron chi connectivity index (χ2n) is 5.82. The number of allylic oxidation sites excluding steroid dienone is 9. The van der Waals surface area contributed by atoms with Gasteiger partial charge in [0.25, 0.3) is 0 Å². The van der Waals surface area contributed by atoms with Gasteiger partial charge in [-0.05, 0) is 50.3 Å². The van der Waals surface area contributed by atoms with Gasteiger partial charge in [0.15, 0.2) is 0 Å². The van der Waals surface area contributed by atoms with Gasteiger partial charge in [0.1, 0.15) is 5.76 Å². The molecule has 104 valence electrons. The Balaban J connectivity index is 2.66. The molecule has 1 rings (SSSR count). The third kappa shape index (κ3) is 6.28. The zero-order chi connectivity index (χ0) is 14.3. The lowest BCUT2D eigenvalue weighted by Gasteiger charge is -2.21. The fourth-order valence-corrected chi connectivity index (χ4v) is 1.79. The van der Waals surface area contributed by atoms with Crippen molar-refractivity contribution in [2.75, 3.05) is 0 Å². The van der Waals surface area contributed by atoms with Gasteiger partial charge >= 0.3 is 0 Å². The molecule has 0 aromatic heterocycles. The first kappa shape index (κ1) is 15.6. The van der Waals surface area contributed by atoms with Crippen LogP contribution in [-0.2, 0) is 4.74 Å². The topological polar surface area (TPSA) is 9.23 Å². The van der Waals surface area contributed by atoms with Crippen molar-refractivity contribution in [2.45, 2.75) is 47.1 Å². The molecule has 0 fully saturated rings. The smallest absolute Gasteiger partial charge is 0.119 e. The van der Waals surface area contributed by atoms with Crippen LogP contribution in [0.3, 0.4) is 0 Å². The maximum absolute atomic E-state index is 5.70. The minimum atomic E-state index is 0.199. The molecular formula is C18H26O. The number of rotatable bonds is 5. The lowest BCUT2D eigenvalue weighted by Crippen LogP contribution is -2.08. The van der Waals surface area contributed by atoms with E-state index in [4.69, 9.17) is 4.74 Å². The molecule has 0 aromatic rings. The molecular weight excluding hydrogens is 232 g/mol. The molecule has 1 heteroatoms. The molecule has 0 saturated heterocycles. The Kier molecular flexibility index (Phi) is 5.88. The fraction of sp³-hybridized carbons (Fsp3) is 0.444. The van der Waals surface area contributed by atoms with Crippen molar-refractivity contribution >= 4 is 0 Å². The maximum atomic E-state index is 5.70. The SMILES string of the molecule is C\C=C/C(=C\C=C\C1=CCC(C)(C)C=C1)OC(C)C. The van der Waals surface area contributed by atoms with Crippen molar-refractivity contribution in [1.29, 1.82) is 0 Å². The highest BCUT2D eigenvalue weighted by Gasteiger charge is 2.14. The summed E-state index contributed by atoms with van der Waals surface area (Å²) in [7, 11) is 0.